The van der Waals surface area contributed by atoms with E-state index in [0.29, 0.717) is 5.69 Å². The molecule has 0 saturated heterocycles. The highest BCUT2D eigenvalue weighted by atomic mass is 127. The third-order valence-corrected chi connectivity index (χ3v) is 2.48. The number of alkyl halides is 1. The summed E-state index contributed by atoms with van der Waals surface area (Å²) < 4.78 is -0.772. The number of urea groups is 1. The van der Waals surface area contributed by atoms with Crippen LogP contribution in [0.5, 0.6) is 0 Å². The Morgan fingerprint density at radius 2 is 1.94 bits per heavy atom. The van der Waals surface area contributed by atoms with Crippen molar-refractivity contribution in [2.45, 2.75) is 4.05 Å². The fourth-order valence-electron chi connectivity index (χ4n) is 0.931. The number of halogens is 1. The van der Waals surface area contributed by atoms with Gasteiger partial charge in [-0.1, -0.05) is 18.2 Å². The molecule has 0 unspecified atom stereocenters. The van der Waals surface area contributed by atoms with Crippen molar-refractivity contribution >= 4 is 40.2 Å². The summed E-state index contributed by atoms with van der Waals surface area (Å²) in [6, 6.07) is 8.40. The van der Waals surface area contributed by atoms with Crippen LogP contribution in [-0.2, 0) is 4.79 Å². The molecule has 0 aliphatic carbocycles. The van der Waals surface area contributed by atoms with Gasteiger partial charge in [0.2, 0.25) is 4.05 Å². The molecule has 0 bridgehead atoms. The molecule has 0 aliphatic heterocycles. The van der Waals surface area contributed by atoms with Crippen LogP contribution in [0.2, 0.25) is 0 Å². The van der Waals surface area contributed by atoms with Crippen LogP contribution in [0.25, 0.3) is 4.85 Å². The van der Waals surface area contributed by atoms with Crippen molar-refractivity contribution in [3.63, 3.8) is 0 Å². The van der Waals surface area contributed by atoms with E-state index in [4.69, 9.17) is 6.57 Å². The molecule has 0 aliphatic rings. The molecule has 1 rings (SSSR count). The van der Waals surface area contributed by atoms with Gasteiger partial charge in [0.25, 0.3) is 6.57 Å². The Hall–Kier alpha value is -1.62. The Balaban J connectivity index is 2.49. The van der Waals surface area contributed by atoms with Gasteiger partial charge in [-0.3, -0.25) is 0 Å². The molecule has 82 valence electrons. The molecule has 6 heteroatoms. The maximum Gasteiger partial charge on any atom is 0.547 e. The van der Waals surface area contributed by atoms with E-state index >= 15 is 0 Å². The number of rotatable bonds is 3. The lowest BCUT2D eigenvalue weighted by molar-refractivity contribution is -0.114. The van der Waals surface area contributed by atoms with Gasteiger partial charge < -0.3 is 10.6 Å². The van der Waals surface area contributed by atoms with Gasteiger partial charge in [-0.2, -0.15) is 4.79 Å². The minimum Gasteiger partial charge on any atom is -0.312 e. The van der Waals surface area contributed by atoms with Gasteiger partial charge in [-0.05, 0) is 34.7 Å². The van der Waals surface area contributed by atoms with Crippen molar-refractivity contribution < 1.29 is 9.59 Å². The lowest BCUT2D eigenvalue weighted by atomic mass is 10.3. The number of nitrogens with one attached hydrogen (secondary N) is 2. The Morgan fingerprint density at radius 1 is 1.31 bits per heavy atom. The van der Waals surface area contributed by atoms with Gasteiger partial charge in [0.15, 0.2) is 0 Å². The Labute approximate surface area is 106 Å². The molecule has 2 N–H and O–H groups in total. The topological polar surface area (TPSA) is 62.6 Å². The van der Waals surface area contributed by atoms with Gasteiger partial charge in [0.05, 0.1) is 0 Å². The van der Waals surface area contributed by atoms with Crippen LogP contribution in [-0.4, -0.2) is 16.0 Å². The second-order valence-electron chi connectivity index (χ2n) is 2.79. The van der Waals surface area contributed by atoms with E-state index in [2.05, 4.69) is 15.5 Å². The molecule has 5 nitrogen and oxygen atoms in total. The van der Waals surface area contributed by atoms with Crippen LogP contribution in [0.3, 0.4) is 0 Å². The molecular formula is C10H9IN3O2+. The number of carbonyl (C=O) groups excluding carboxylic acids is 2. The molecule has 3 amide bonds. The average molecular weight is 330 g/mol. The summed E-state index contributed by atoms with van der Waals surface area (Å²) in [6.07, 6.45) is 0. The summed E-state index contributed by atoms with van der Waals surface area (Å²) in [7, 11) is 0. The van der Waals surface area contributed by atoms with Crippen molar-refractivity contribution in [1.29, 1.82) is 0 Å². The van der Waals surface area contributed by atoms with Crippen LogP contribution in [0.1, 0.15) is 0 Å². The summed E-state index contributed by atoms with van der Waals surface area (Å²) >= 11 is 1.73. The Bertz CT molecular complexity index is 427. The molecule has 1 aromatic rings. The predicted molar refractivity (Wildman–Crippen MR) is 69.7 cm³/mol. The molecule has 0 aromatic heterocycles. The van der Waals surface area contributed by atoms with E-state index in [9.17, 15) is 9.59 Å². The molecule has 0 heterocycles. The SMILES string of the molecule is C#[N+]C(=O)[C@H](I)NC(=O)Nc1ccccc1. The molecule has 1 aromatic carbocycles. The monoisotopic (exact) mass is 330 g/mol. The zero-order valence-electron chi connectivity index (χ0n) is 8.18. The molecule has 0 fully saturated rings. The first-order valence-electron chi connectivity index (χ1n) is 4.35. The van der Waals surface area contributed by atoms with Gasteiger partial charge in [-0.25, -0.2) is 4.79 Å². The van der Waals surface area contributed by atoms with E-state index in [1.807, 2.05) is 6.07 Å². The second kappa shape index (κ2) is 6.07. The maximum atomic E-state index is 11.4. The lowest BCUT2D eigenvalue weighted by Gasteiger charge is -2.06. The van der Waals surface area contributed by atoms with Gasteiger partial charge in [0, 0.05) is 10.5 Å². The second-order valence-corrected chi connectivity index (χ2v) is 4.04. The number of para-hydroxylation sites is 1. The van der Waals surface area contributed by atoms with Crippen molar-refractivity contribution in [3.8, 4) is 6.57 Å². The van der Waals surface area contributed by atoms with Gasteiger partial charge in [0.1, 0.15) is 0 Å². The quantitative estimate of drug-likeness (QED) is 0.506. The molecule has 16 heavy (non-hydrogen) atoms. The van der Waals surface area contributed by atoms with E-state index in [1.165, 1.54) is 0 Å². The normalized spacial score (nSPS) is 11.0. The smallest absolute Gasteiger partial charge is 0.312 e. The van der Waals surface area contributed by atoms with E-state index in [-0.39, 0.29) is 0 Å². The molecule has 0 radical (unpaired) electrons. The maximum absolute atomic E-state index is 11.4. The highest BCUT2D eigenvalue weighted by Gasteiger charge is 2.25. The van der Waals surface area contributed by atoms with Gasteiger partial charge in [-0.15, -0.1) is 0 Å². The molecule has 0 saturated carbocycles. The van der Waals surface area contributed by atoms with Crippen molar-refractivity contribution in [3.05, 3.63) is 35.2 Å². The largest absolute Gasteiger partial charge is 0.547 e. The number of amides is 3. The minimum absolute atomic E-state index is 0.484. The standard InChI is InChI=1S/C10H8IN3O2/c1-12-9(15)8(11)14-10(16)13-7-5-3-2-4-6-7/h1-6,8H,(H-,13,14,16)/p+1/t8-/m1/s1. The van der Waals surface area contributed by atoms with E-state index in [0.717, 1.165) is 0 Å². The van der Waals surface area contributed by atoms with Crippen molar-refractivity contribution in [2.24, 2.45) is 0 Å². The Kier molecular flexibility index (Phi) is 4.72. The summed E-state index contributed by atoms with van der Waals surface area (Å²) in [5.41, 5.74) is 0.640. The zero-order chi connectivity index (χ0) is 12.0. The summed E-state index contributed by atoms with van der Waals surface area (Å²) in [5, 5.41) is 4.95. The molecule has 1 atom stereocenters. The number of carbonyl (C=O) groups is 2. The average Bonchev–Trinajstić information content (AvgIpc) is 2.29. The van der Waals surface area contributed by atoms with Crippen LogP contribution in [0, 0.1) is 6.57 Å². The number of nitrogens with zero attached hydrogens (tertiary/aromatic N) is 1. The summed E-state index contributed by atoms with van der Waals surface area (Å²) in [6.45, 7) is 4.80. The number of anilines is 1. The molecule has 0 spiro atoms. The van der Waals surface area contributed by atoms with Crippen LogP contribution >= 0.6 is 22.6 Å². The first-order valence-corrected chi connectivity index (χ1v) is 5.59. The number of benzene rings is 1. The van der Waals surface area contributed by atoms with Crippen molar-refractivity contribution in [2.75, 3.05) is 5.32 Å². The Morgan fingerprint density at radius 3 is 2.50 bits per heavy atom. The lowest BCUT2D eigenvalue weighted by Crippen LogP contribution is -2.37. The van der Waals surface area contributed by atoms with Crippen LogP contribution in [0.4, 0.5) is 10.5 Å². The zero-order valence-corrected chi connectivity index (χ0v) is 10.3. The van der Waals surface area contributed by atoms with Crippen LogP contribution < -0.4 is 10.6 Å². The van der Waals surface area contributed by atoms with E-state index < -0.39 is 16.0 Å². The third-order valence-electron chi connectivity index (χ3n) is 1.63. The first-order chi connectivity index (χ1) is 7.63. The fraction of sp³-hybridized carbons (Fsp3) is 0.100. The van der Waals surface area contributed by atoms with Gasteiger partial charge >= 0.3 is 11.9 Å². The van der Waals surface area contributed by atoms with Crippen LogP contribution in [0.15, 0.2) is 30.3 Å². The van der Waals surface area contributed by atoms with Crippen molar-refractivity contribution in [1.82, 2.24) is 5.32 Å². The highest BCUT2D eigenvalue weighted by Crippen LogP contribution is 2.05. The first kappa shape index (κ1) is 12.4. The predicted octanol–water partition coefficient (Wildman–Crippen LogP) is 2.06. The highest BCUT2D eigenvalue weighted by molar-refractivity contribution is 14.1. The fourth-order valence-corrected chi connectivity index (χ4v) is 1.37. The number of hydrogen-bond acceptors (Lipinski definition) is 2. The van der Waals surface area contributed by atoms with E-state index in [1.54, 1.807) is 46.9 Å². The summed E-state index contributed by atoms with van der Waals surface area (Å²) in [5.74, 6) is -0.594. The number of hydrogen-bond donors (Lipinski definition) is 2. The minimum atomic E-state index is -0.772. The molecular weight excluding hydrogens is 321 g/mol. The summed E-state index contributed by atoms with van der Waals surface area (Å²) in [4.78, 5) is 25.3. The third kappa shape index (κ3) is 3.86.